The van der Waals surface area contributed by atoms with Crippen LogP contribution >= 0.6 is 0 Å². The number of nitrogens with zero attached hydrogens (tertiary/aromatic N) is 2. The Morgan fingerprint density at radius 2 is 2.36 bits per heavy atom. The number of oxazole rings is 1. The Morgan fingerprint density at radius 3 is 3.09 bits per heavy atom. The van der Waals surface area contributed by atoms with Crippen LogP contribution in [0.15, 0.2) is 10.8 Å². The van der Waals surface area contributed by atoms with E-state index >= 15 is 0 Å². The third-order valence-corrected chi connectivity index (χ3v) is 4.16. The lowest BCUT2D eigenvalue weighted by molar-refractivity contribution is -0.0303. The van der Waals surface area contributed by atoms with E-state index in [4.69, 9.17) is 9.15 Å². The van der Waals surface area contributed by atoms with Gasteiger partial charge in [0.15, 0.2) is 12.1 Å². The Balaban J connectivity index is 1.80. The first-order valence-corrected chi connectivity index (χ1v) is 8.18. The lowest BCUT2D eigenvalue weighted by Crippen LogP contribution is -2.48. The molecular formula is C16H27N3O3. The zero-order chi connectivity index (χ0) is 15.9. The zero-order valence-electron chi connectivity index (χ0n) is 13.8. The first-order valence-electron chi connectivity index (χ1n) is 8.18. The fraction of sp³-hybridized carbons (Fsp3) is 0.750. The van der Waals surface area contributed by atoms with Crippen LogP contribution in [0.1, 0.15) is 43.4 Å². The molecule has 2 unspecified atom stereocenters. The molecule has 0 aliphatic carbocycles. The van der Waals surface area contributed by atoms with E-state index in [0.717, 1.165) is 26.2 Å². The number of hydrogen-bond acceptors (Lipinski definition) is 5. The molecule has 1 aliphatic heterocycles. The van der Waals surface area contributed by atoms with Crippen LogP contribution in [0.4, 0.5) is 0 Å². The fourth-order valence-electron chi connectivity index (χ4n) is 2.64. The van der Waals surface area contributed by atoms with Gasteiger partial charge in [-0.25, -0.2) is 4.98 Å². The van der Waals surface area contributed by atoms with Gasteiger partial charge in [0.1, 0.15) is 5.76 Å². The molecule has 0 radical (unpaired) electrons. The summed E-state index contributed by atoms with van der Waals surface area (Å²) in [6.07, 6.45) is 3.20. The van der Waals surface area contributed by atoms with Gasteiger partial charge >= 0.3 is 0 Å². The number of carbonyl (C=O) groups excluding carboxylic acids is 1. The highest BCUT2D eigenvalue weighted by molar-refractivity contribution is 5.93. The van der Waals surface area contributed by atoms with Crippen LogP contribution in [0, 0.1) is 5.92 Å². The third kappa shape index (κ3) is 4.55. The highest BCUT2D eigenvalue weighted by Gasteiger charge is 2.23. The number of aromatic nitrogens is 1. The van der Waals surface area contributed by atoms with Crippen LogP contribution < -0.4 is 5.32 Å². The minimum absolute atomic E-state index is 0.0405. The lowest BCUT2D eigenvalue weighted by atomic mass is 10.1. The molecule has 2 atom stereocenters. The predicted octanol–water partition coefficient (Wildman–Crippen LogP) is 1.71. The standard InChI is InChI=1S/C16H27N3O3/c1-4-12(3)9-19-6-7-21-13(10-19)8-17-16(20)15-14(5-2)22-11-18-15/h11-13H,4-10H2,1-3H3,(H,17,20). The molecule has 2 rings (SSSR count). The topological polar surface area (TPSA) is 67.6 Å². The van der Waals surface area contributed by atoms with Crippen molar-refractivity contribution < 1.29 is 13.9 Å². The van der Waals surface area contributed by atoms with Crippen LogP contribution in [0.3, 0.4) is 0 Å². The molecule has 6 nitrogen and oxygen atoms in total. The summed E-state index contributed by atoms with van der Waals surface area (Å²) in [4.78, 5) is 18.5. The van der Waals surface area contributed by atoms with Crippen molar-refractivity contribution in [3.05, 3.63) is 17.8 Å². The number of rotatable bonds is 7. The van der Waals surface area contributed by atoms with E-state index in [-0.39, 0.29) is 12.0 Å². The molecular weight excluding hydrogens is 282 g/mol. The van der Waals surface area contributed by atoms with Gasteiger partial charge in [0, 0.05) is 32.6 Å². The maximum absolute atomic E-state index is 12.1. The molecule has 1 amide bonds. The summed E-state index contributed by atoms with van der Waals surface area (Å²) in [7, 11) is 0. The van der Waals surface area contributed by atoms with Gasteiger partial charge in [0.05, 0.1) is 12.7 Å². The van der Waals surface area contributed by atoms with Gasteiger partial charge in [-0.1, -0.05) is 27.2 Å². The molecule has 0 bridgehead atoms. The quantitative estimate of drug-likeness (QED) is 0.830. The lowest BCUT2D eigenvalue weighted by Gasteiger charge is -2.34. The molecule has 0 aromatic carbocycles. The molecule has 2 heterocycles. The van der Waals surface area contributed by atoms with Crippen molar-refractivity contribution >= 4 is 5.91 Å². The average molecular weight is 309 g/mol. The van der Waals surface area contributed by atoms with E-state index in [1.807, 2.05) is 6.92 Å². The summed E-state index contributed by atoms with van der Waals surface area (Å²) >= 11 is 0. The Bertz CT molecular complexity index is 475. The van der Waals surface area contributed by atoms with Crippen LogP contribution in [0.25, 0.3) is 0 Å². The molecule has 1 saturated heterocycles. The van der Waals surface area contributed by atoms with Crippen LogP contribution in [0.5, 0.6) is 0 Å². The van der Waals surface area contributed by atoms with E-state index in [1.165, 1.54) is 12.8 Å². The van der Waals surface area contributed by atoms with E-state index in [9.17, 15) is 4.79 Å². The molecule has 1 aliphatic rings. The van der Waals surface area contributed by atoms with Gasteiger partial charge in [-0.15, -0.1) is 0 Å². The summed E-state index contributed by atoms with van der Waals surface area (Å²) in [5, 5.41) is 2.90. The van der Waals surface area contributed by atoms with Crippen LogP contribution in [-0.4, -0.2) is 54.7 Å². The maximum atomic E-state index is 12.1. The maximum Gasteiger partial charge on any atom is 0.273 e. The number of amides is 1. The summed E-state index contributed by atoms with van der Waals surface area (Å²) in [5.74, 6) is 1.13. The Kier molecular flexibility index (Phi) is 6.39. The minimum atomic E-state index is -0.187. The molecule has 1 fully saturated rings. The molecule has 6 heteroatoms. The molecule has 22 heavy (non-hydrogen) atoms. The van der Waals surface area contributed by atoms with Crippen LogP contribution in [-0.2, 0) is 11.2 Å². The van der Waals surface area contributed by atoms with Crippen molar-refractivity contribution in [2.45, 2.75) is 39.7 Å². The minimum Gasteiger partial charge on any atom is -0.448 e. The van der Waals surface area contributed by atoms with E-state index in [1.54, 1.807) is 0 Å². The Hall–Kier alpha value is -1.40. The highest BCUT2D eigenvalue weighted by atomic mass is 16.5. The van der Waals surface area contributed by atoms with Crippen molar-refractivity contribution in [3.8, 4) is 0 Å². The SMILES string of the molecule is CCc1ocnc1C(=O)NCC1CN(CC(C)CC)CCO1. The molecule has 1 aromatic heterocycles. The number of hydrogen-bond donors (Lipinski definition) is 1. The summed E-state index contributed by atoms with van der Waals surface area (Å²) in [6, 6.07) is 0. The number of nitrogens with one attached hydrogen (secondary N) is 1. The van der Waals surface area contributed by atoms with Crippen LogP contribution in [0.2, 0.25) is 0 Å². The molecule has 0 spiro atoms. The zero-order valence-corrected chi connectivity index (χ0v) is 13.8. The number of aryl methyl sites for hydroxylation is 1. The van der Waals surface area contributed by atoms with Crippen molar-refractivity contribution in [3.63, 3.8) is 0 Å². The third-order valence-electron chi connectivity index (χ3n) is 4.16. The van der Waals surface area contributed by atoms with E-state index in [0.29, 0.717) is 30.3 Å². The summed E-state index contributed by atoms with van der Waals surface area (Å²) in [6.45, 7) is 10.6. The van der Waals surface area contributed by atoms with Crippen molar-refractivity contribution in [1.29, 1.82) is 0 Å². The number of morpholine rings is 1. The fourth-order valence-corrected chi connectivity index (χ4v) is 2.64. The normalized spacial score (nSPS) is 20.8. The van der Waals surface area contributed by atoms with Crippen molar-refractivity contribution in [2.75, 3.05) is 32.8 Å². The van der Waals surface area contributed by atoms with Gasteiger partial charge in [0.2, 0.25) is 0 Å². The Labute approximate surface area is 132 Å². The average Bonchev–Trinajstić information content (AvgIpc) is 3.01. The summed E-state index contributed by atoms with van der Waals surface area (Å²) < 4.78 is 10.9. The predicted molar refractivity (Wildman–Crippen MR) is 83.8 cm³/mol. The van der Waals surface area contributed by atoms with Crippen molar-refractivity contribution in [2.24, 2.45) is 5.92 Å². The highest BCUT2D eigenvalue weighted by Crippen LogP contribution is 2.11. The van der Waals surface area contributed by atoms with E-state index in [2.05, 4.69) is 29.0 Å². The van der Waals surface area contributed by atoms with E-state index < -0.39 is 0 Å². The first kappa shape index (κ1) is 17.0. The molecule has 1 aromatic rings. The van der Waals surface area contributed by atoms with Gasteiger partial charge < -0.3 is 14.5 Å². The van der Waals surface area contributed by atoms with Gasteiger partial charge in [-0.2, -0.15) is 0 Å². The van der Waals surface area contributed by atoms with Gasteiger partial charge in [0.25, 0.3) is 5.91 Å². The largest absolute Gasteiger partial charge is 0.448 e. The monoisotopic (exact) mass is 309 g/mol. The second-order valence-corrected chi connectivity index (χ2v) is 5.95. The molecule has 1 N–H and O–H groups in total. The summed E-state index contributed by atoms with van der Waals surface area (Å²) in [5.41, 5.74) is 0.384. The number of carbonyl (C=O) groups is 1. The Morgan fingerprint density at radius 1 is 1.55 bits per heavy atom. The smallest absolute Gasteiger partial charge is 0.273 e. The number of ether oxygens (including phenoxy) is 1. The molecule has 0 saturated carbocycles. The van der Waals surface area contributed by atoms with Crippen molar-refractivity contribution in [1.82, 2.24) is 15.2 Å². The second kappa shape index (κ2) is 8.29. The second-order valence-electron chi connectivity index (χ2n) is 5.95. The van der Waals surface area contributed by atoms with Gasteiger partial charge in [-0.3, -0.25) is 9.69 Å². The first-order chi connectivity index (χ1) is 10.6. The molecule has 124 valence electrons. The van der Waals surface area contributed by atoms with Gasteiger partial charge in [-0.05, 0) is 5.92 Å².